The Labute approximate surface area is 108 Å². The fraction of sp³-hybridized carbons (Fsp3) is 0.500. The lowest BCUT2D eigenvalue weighted by molar-refractivity contribution is 0.569. The number of benzene rings is 1. The zero-order chi connectivity index (χ0) is 12.3. The zero-order valence-electron chi connectivity index (χ0n) is 10.4. The van der Waals surface area contributed by atoms with E-state index in [2.05, 4.69) is 30.0 Å². The van der Waals surface area contributed by atoms with Crippen LogP contribution in [0.1, 0.15) is 25.3 Å². The average molecular weight is 246 g/mol. The summed E-state index contributed by atoms with van der Waals surface area (Å²) in [4.78, 5) is 3.46. The van der Waals surface area contributed by atoms with Crippen molar-refractivity contribution in [2.45, 2.75) is 24.7 Å². The number of anilines is 1. The van der Waals surface area contributed by atoms with Crippen molar-refractivity contribution in [2.24, 2.45) is 5.92 Å². The van der Waals surface area contributed by atoms with Crippen LogP contribution in [-0.4, -0.2) is 19.3 Å². The first-order valence-corrected chi connectivity index (χ1v) is 7.34. The minimum atomic E-state index is 0.791. The van der Waals surface area contributed by atoms with Crippen LogP contribution >= 0.6 is 11.8 Å². The van der Waals surface area contributed by atoms with Gasteiger partial charge in [0.2, 0.25) is 0 Å². The van der Waals surface area contributed by atoms with Crippen LogP contribution in [0.4, 0.5) is 5.69 Å². The first-order valence-electron chi connectivity index (χ1n) is 6.12. The number of thioether (sulfide) groups is 1. The molecule has 0 aromatic heterocycles. The van der Waals surface area contributed by atoms with Gasteiger partial charge in [-0.05, 0) is 30.7 Å². The third-order valence-corrected chi connectivity index (χ3v) is 4.32. The fourth-order valence-electron chi connectivity index (χ4n) is 2.45. The Morgan fingerprint density at radius 2 is 2.35 bits per heavy atom. The highest BCUT2D eigenvalue weighted by atomic mass is 32.2. The van der Waals surface area contributed by atoms with Gasteiger partial charge in [0.1, 0.15) is 6.07 Å². The highest BCUT2D eigenvalue weighted by Gasteiger charge is 2.23. The minimum absolute atomic E-state index is 0.791. The van der Waals surface area contributed by atoms with E-state index in [0.29, 0.717) is 0 Å². The number of rotatable bonds is 3. The largest absolute Gasteiger partial charge is 0.370 e. The van der Waals surface area contributed by atoms with Crippen LogP contribution in [-0.2, 0) is 0 Å². The standard InChI is InChI=1S/C14H18N2S/c1-3-11-7-8-16(10-11)13-5-4-6-14(17-2)12(13)9-15/h4-6,11H,3,7-8,10H2,1-2H3. The van der Waals surface area contributed by atoms with Crippen molar-refractivity contribution in [3.05, 3.63) is 23.8 Å². The van der Waals surface area contributed by atoms with E-state index in [4.69, 9.17) is 0 Å². The van der Waals surface area contributed by atoms with E-state index in [-0.39, 0.29) is 0 Å². The summed E-state index contributed by atoms with van der Waals surface area (Å²) in [6, 6.07) is 8.53. The van der Waals surface area contributed by atoms with Gasteiger partial charge in [-0.25, -0.2) is 0 Å². The Morgan fingerprint density at radius 1 is 1.53 bits per heavy atom. The second-order valence-electron chi connectivity index (χ2n) is 4.48. The topological polar surface area (TPSA) is 27.0 Å². The van der Waals surface area contributed by atoms with E-state index in [1.807, 2.05) is 12.3 Å². The highest BCUT2D eigenvalue weighted by Crippen LogP contribution is 2.32. The predicted molar refractivity (Wildman–Crippen MR) is 73.5 cm³/mol. The quantitative estimate of drug-likeness (QED) is 0.764. The third-order valence-electron chi connectivity index (χ3n) is 3.54. The van der Waals surface area contributed by atoms with Gasteiger partial charge in [-0.2, -0.15) is 5.26 Å². The van der Waals surface area contributed by atoms with Crippen LogP contribution in [0.5, 0.6) is 0 Å². The van der Waals surface area contributed by atoms with Crippen molar-refractivity contribution in [1.29, 1.82) is 5.26 Å². The molecule has 1 unspecified atom stereocenters. The van der Waals surface area contributed by atoms with Gasteiger partial charge in [-0.3, -0.25) is 0 Å². The van der Waals surface area contributed by atoms with Gasteiger partial charge in [0.25, 0.3) is 0 Å². The molecule has 0 radical (unpaired) electrons. The van der Waals surface area contributed by atoms with E-state index >= 15 is 0 Å². The highest BCUT2D eigenvalue weighted by molar-refractivity contribution is 7.98. The molecule has 1 aromatic rings. The van der Waals surface area contributed by atoms with Gasteiger partial charge in [0.05, 0.1) is 11.3 Å². The summed E-state index contributed by atoms with van der Waals surface area (Å²) in [5, 5.41) is 9.32. The molecule has 17 heavy (non-hydrogen) atoms. The summed E-state index contributed by atoms with van der Waals surface area (Å²) in [6.07, 6.45) is 4.52. The molecule has 1 atom stereocenters. The maximum absolute atomic E-state index is 9.32. The van der Waals surface area contributed by atoms with Crippen molar-refractivity contribution in [1.82, 2.24) is 0 Å². The molecule has 0 bridgehead atoms. The predicted octanol–water partition coefficient (Wildman–Crippen LogP) is 3.52. The van der Waals surface area contributed by atoms with Crippen molar-refractivity contribution < 1.29 is 0 Å². The molecule has 1 aliphatic heterocycles. The molecule has 3 heteroatoms. The van der Waals surface area contributed by atoms with Crippen LogP contribution in [0, 0.1) is 17.2 Å². The van der Waals surface area contributed by atoms with Gasteiger partial charge in [0, 0.05) is 18.0 Å². The normalized spacial score (nSPS) is 19.4. The summed E-state index contributed by atoms with van der Waals surface area (Å²) in [5.74, 6) is 0.791. The van der Waals surface area contributed by atoms with Crippen LogP contribution in [0.2, 0.25) is 0 Å². The second kappa shape index (κ2) is 5.46. The summed E-state index contributed by atoms with van der Waals surface area (Å²) in [6.45, 7) is 4.44. The number of nitriles is 1. The molecule has 0 amide bonds. The summed E-state index contributed by atoms with van der Waals surface area (Å²) in [7, 11) is 0. The molecular weight excluding hydrogens is 228 g/mol. The molecule has 0 aliphatic carbocycles. The molecule has 1 saturated heterocycles. The van der Waals surface area contributed by atoms with Gasteiger partial charge in [0.15, 0.2) is 0 Å². The molecule has 90 valence electrons. The summed E-state index contributed by atoms with van der Waals surface area (Å²) in [5.41, 5.74) is 1.96. The van der Waals surface area contributed by atoms with E-state index < -0.39 is 0 Å². The molecule has 1 aliphatic rings. The molecule has 1 aromatic carbocycles. The fourth-order valence-corrected chi connectivity index (χ4v) is 3.02. The lowest BCUT2D eigenvalue weighted by Crippen LogP contribution is -2.20. The van der Waals surface area contributed by atoms with E-state index in [1.54, 1.807) is 11.8 Å². The molecule has 1 fully saturated rings. The maximum atomic E-state index is 9.32. The van der Waals surface area contributed by atoms with E-state index in [1.165, 1.54) is 12.8 Å². The van der Waals surface area contributed by atoms with Crippen molar-refractivity contribution in [3.63, 3.8) is 0 Å². The number of nitrogens with zero attached hydrogens (tertiary/aromatic N) is 2. The lowest BCUT2D eigenvalue weighted by atomic mass is 10.1. The first-order chi connectivity index (χ1) is 8.30. The van der Waals surface area contributed by atoms with Crippen molar-refractivity contribution >= 4 is 17.4 Å². The number of hydrogen-bond acceptors (Lipinski definition) is 3. The van der Waals surface area contributed by atoms with Crippen molar-refractivity contribution in [3.8, 4) is 6.07 Å². The molecular formula is C14H18N2S. The summed E-state index contributed by atoms with van der Waals surface area (Å²) >= 11 is 1.65. The molecule has 1 heterocycles. The Balaban J connectivity index is 2.30. The van der Waals surface area contributed by atoms with Crippen LogP contribution in [0.25, 0.3) is 0 Å². The lowest BCUT2D eigenvalue weighted by Gasteiger charge is -2.20. The Morgan fingerprint density at radius 3 is 2.94 bits per heavy atom. The third kappa shape index (κ3) is 2.42. The molecule has 0 saturated carbocycles. The van der Waals surface area contributed by atoms with Crippen LogP contribution in [0.3, 0.4) is 0 Å². The van der Waals surface area contributed by atoms with Gasteiger partial charge < -0.3 is 4.90 Å². The molecule has 2 rings (SSSR count). The number of hydrogen-bond donors (Lipinski definition) is 0. The zero-order valence-corrected chi connectivity index (χ0v) is 11.3. The van der Waals surface area contributed by atoms with Gasteiger partial charge in [-0.1, -0.05) is 19.4 Å². The molecule has 2 nitrogen and oxygen atoms in total. The minimum Gasteiger partial charge on any atom is -0.370 e. The molecule has 0 spiro atoms. The van der Waals surface area contributed by atoms with Gasteiger partial charge in [-0.15, -0.1) is 11.8 Å². The van der Waals surface area contributed by atoms with Crippen LogP contribution < -0.4 is 4.90 Å². The van der Waals surface area contributed by atoms with E-state index in [0.717, 1.165) is 35.2 Å². The Hall–Kier alpha value is -1.14. The monoisotopic (exact) mass is 246 g/mol. The summed E-state index contributed by atoms with van der Waals surface area (Å²) < 4.78 is 0. The Bertz CT molecular complexity index is 436. The Kier molecular flexibility index (Phi) is 3.96. The van der Waals surface area contributed by atoms with E-state index in [9.17, 15) is 5.26 Å². The van der Waals surface area contributed by atoms with Crippen LogP contribution in [0.15, 0.2) is 23.1 Å². The van der Waals surface area contributed by atoms with Gasteiger partial charge >= 0.3 is 0 Å². The molecule has 0 N–H and O–H groups in total. The first kappa shape index (κ1) is 12.3. The van der Waals surface area contributed by atoms with Crippen molar-refractivity contribution in [2.75, 3.05) is 24.2 Å². The smallest absolute Gasteiger partial charge is 0.103 e. The second-order valence-corrected chi connectivity index (χ2v) is 5.32. The average Bonchev–Trinajstić information content (AvgIpc) is 2.86. The maximum Gasteiger partial charge on any atom is 0.103 e. The SMILES string of the molecule is CCC1CCN(c2cccc(SC)c2C#N)C1.